The van der Waals surface area contributed by atoms with E-state index >= 15 is 0 Å². The highest BCUT2D eigenvalue weighted by Crippen LogP contribution is 2.40. The topological polar surface area (TPSA) is 10.9 Å². The fourth-order valence-electron chi connectivity index (χ4n) is 4.97. The first kappa shape index (κ1) is 15.9. The summed E-state index contributed by atoms with van der Waals surface area (Å²) >= 11 is 0. The van der Waals surface area contributed by atoms with Gasteiger partial charge in [-0.05, 0) is 30.3 Å². The quantitative estimate of drug-likeness (QED) is 0.333. The van der Waals surface area contributed by atoms with E-state index in [-0.39, 0.29) is 0 Å². The zero-order valence-electron chi connectivity index (χ0n) is 16.4. The number of rotatable bonds is 2. The zero-order valence-corrected chi connectivity index (χ0v) is 16.4. The molecule has 0 unspecified atom stereocenters. The summed E-state index contributed by atoms with van der Waals surface area (Å²) < 4.78 is 2.44. The maximum absolute atomic E-state index is 2.44. The lowest BCUT2D eigenvalue weighted by Gasteiger charge is -2.21. The Hall–Kier alpha value is -3.98. The lowest BCUT2D eigenvalue weighted by molar-refractivity contribution is 0.976. The summed E-state index contributed by atoms with van der Waals surface area (Å²) in [7, 11) is 0. The van der Waals surface area contributed by atoms with Crippen molar-refractivity contribution in [2.24, 2.45) is 0 Å². The molecule has 0 N–H and O–H groups in total. The molecule has 142 valence electrons. The van der Waals surface area contributed by atoms with Gasteiger partial charge in [-0.2, -0.15) is 0 Å². The van der Waals surface area contributed by atoms with Crippen molar-refractivity contribution in [3.63, 3.8) is 0 Å². The smallest absolute Gasteiger partial charge is 0.0989 e. The number of para-hydroxylation sites is 3. The van der Waals surface area contributed by atoms with Gasteiger partial charge in [0.05, 0.1) is 23.2 Å². The first-order chi connectivity index (χ1) is 14.9. The van der Waals surface area contributed by atoms with Crippen LogP contribution in [-0.2, 0) is 0 Å². The van der Waals surface area contributed by atoms with E-state index in [2.05, 4.69) is 118 Å². The third-order valence-electron chi connectivity index (χ3n) is 6.36. The summed E-state index contributed by atoms with van der Waals surface area (Å²) in [6.45, 7) is 0.817. The average molecular weight is 385 g/mol. The molecule has 3 heterocycles. The molecular weight excluding hydrogens is 366 g/mol. The fourth-order valence-corrected chi connectivity index (χ4v) is 4.97. The molecule has 0 saturated heterocycles. The van der Waals surface area contributed by atoms with Crippen LogP contribution in [0.2, 0.25) is 0 Å². The monoisotopic (exact) mass is 385 g/mol. The molecule has 0 amide bonds. The number of anilines is 2. The summed E-state index contributed by atoms with van der Waals surface area (Å²) in [6.07, 6.45) is 4.32. The molecule has 3 nitrogen and oxygen atoms in total. The molecule has 0 bridgehead atoms. The molecule has 0 saturated carbocycles. The van der Waals surface area contributed by atoms with Crippen LogP contribution in [0.3, 0.4) is 0 Å². The minimum absolute atomic E-state index is 0.817. The van der Waals surface area contributed by atoms with Crippen LogP contribution in [0.15, 0.2) is 103 Å². The molecule has 2 aromatic heterocycles. The highest BCUT2D eigenvalue weighted by Gasteiger charge is 2.19. The van der Waals surface area contributed by atoms with E-state index in [1.165, 1.54) is 49.5 Å². The maximum atomic E-state index is 2.44. The van der Waals surface area contributed by atoms with Crippen LogP contribution in [0.4, 0.5) is 11.4 Å². The Bertz CT molecular complexity index is 1580. The van der Waals surface area contributed by atoms with E-state index < -0.39 is 0 Å². The second-order valence-corrected chi connectivity index (χ2v) is 7.97. The first-order valence-corrected chi connectivity index (χ1v) is 10.3. The molecule has 1 aliphatic rings. The van der Waals surface area contributed by atoms with Gasteiger partial charge in [0.15, 0.2) is 0 Å². The normalized spacial score (nSPS) is 14.3. The van der Waals surface area contributed by atoms with Crippen LogP contribution in [0, 0.1) is 0 Å². The van der Waals surface area contributed by atoms with E-state index in [1.54, 1.807) is 0 Å². The van der Waals surface area contributed by atoms with Gasteiger partial charge in [0.2, 0.25) is 0 Å². The molecule has 0 fully saturated rings. The van der Waals surface area contributed by atoms with Crippen LogP contribution in [-0.4, -0.2) is 11.1 Å². The van der Waals surface area contributed by atoms with Gasteiger partial charge in [0.25, 0.3) is 0 Å². The second kappa shape index (κ2) is 5.77. The van der Waals surface area contributed by atoms with Gasteiger partial charge in [-0.15, -0.1) is 0 Å². The van der Waals surface area contributed by atoms with Gasteiger partial charge < -0.3 is 14.2 Å². The first-order valence-electron chi connectivity index (χ1n) is 10.3. The Kier molecular flexibility index (Phi) is 3.06. The average Bonchev–Trinajstić information content (AvgIpc) is 3.51. The predicted octanol–water partition coefficient (Wildman–Crippen LogP) is 6.59. The minimum atomic E-state index is 0.817. The molecule has 4 aromatic carbocycles. The minimum Gasteiger partial charge on any atom is -0.328 e. The van der Waals surface area contributed by atoms with Crippen LogP contribution < -0.4 is 9.80 Å². The number of hydrogen-bond acceptors (Lipinski definition) is 2. The number of fused-ring (bicyclic) bond motifs is 6. The number of benzene rings is 4. The molecule has 0 atom stereocenters. The summed E-state index contributed by atoms with van der Waals surface area (Å²) in [6, 6.07) is 32.8. The van der Waals surface area contributed by atoms with Crippen molar-refractivity contribution in [3.8, 4) is 0 Å². The van der Waals surface area contributed by atoms with Gasteiger partial charge in [-0.3, -0.25) is 0 Å². The van der Waals surface area contributed by atoms with E-state index in [9.17, 15) is 0 Å². The molecule has 30 heavy (non-hydrogen) atoms. The van der Waals surface area contributed by atoms with Crippen molar-refractivity contribution in [3.05, 3.63) is 103 Å². The van der Waals surface area contributed by atoms with Crippen LogP contribution in [0.25, 0.3) is 38.1 Å². The van der Waals surface area contributed by atoms with Crippen molar-refractivity contribution >= 4 is 49.5 Å². The molecule has 1 aliphatic heterocycles. The Balaban J connectivity index is 1.42. The lowest BCUT2D eigenvalue weighted by Crippen LogP contribution is -2.24. The Labute approximate surface area is 174 Å². The number of hydrogen-bond donors (Lipinski definition) is 0. The summed E-state index contributed by atoms with van der Waals surface area (Å²) in [4.78, 5) is 4.57. The van der Waals surface area contributed by atoms with Crippen LogP contribution in [0.5, 0.6) is 0 Å². The zero-order chi connectivity index (χ0) is 19.7. The summed E-state index contributed by atoms with van der Waals surface area (Å²) in [5.74, 6) is 0. The van der Waals surface area contributed by atoms with E-state index in [0.29, 0.717) is 0 Å². The summed E-state index contributed by atoms with van der Waals surface area (Å²) in [5.41, 5.74) is 6.30. The molecule has 0 aliphatic carbocycles. The Morgan fingerprint density at radius 1 is 0.500 bits per heavy atom. The Morgan fingerprint density at radius 2 is 1.17 bits per heavy atom. The highest BCUT2D eigenvalue weighted by molar-refractivity contribution is 6.23. The van der Waals surface area contributed by atoms with E-state index in [0.717, 1.165) is 6.67 Å². The SMILES string of the molecule is C1=CN(c2ccc3c4cccc5c6ccccc6n(c3c2)c54)CN1c1ccccc1. The number of nitrogens with zero attached hydrogens (tertiary/aromatic N) is 3. The van der Waals surface area contributed by atoms with Gasteiger partial charge in [-0.1, -0.05) is 60.7 Å². The number of aromatic nitrogens is 1. The van der Waals surface area contributed by atoms with Gasteiger partial charge >= 0.3 is 0 Å². The van der Waals surface area contributed by atoms with Crippen molar-refractivity contribution in [2.45, 2.75) is 0 Å². The standard InChI is InChI=1S/C27H19N3/c1-2-7-19(8-3-1)28-15-16-29(18-28)20-13-14-22-24-11-6-10-23-21-9-4-5-12-25(21)30(27(23)24)26(22)17-20/h1-17H,18H2. The highest BCUT2D eigenvalue weighted by atomic mass is 15.3. The Morgan fingerprint density at radius 3 is 2.00 bits per heavy atom. The maximum Gasteiger partial charge on any atom is 0.0989 e. The van der Waals surface area contributed by atoms with Gasteiger partial charge in [0, 0.05) is 45.3 Å². The molecule has 7 rings (SSSR count). The van der Waals surface area contributed by atoms with Crippen LogP contribution in [0.1, 0.15) is 0 Å². The van der Waals surface area contributed by atoms with Crippen molar-refractivity contribution in [1.29, 1.82) is 0 Å². The van der Waals surface area contributed by atoms with Crippen LogP contribution >= 0.6 is 0 Å². The summed E-state index contributed by atoms with van der Waals surface area (Å²) in [5, 5.41) is 5.29. The molecule has 6 aromatic rings. The molecule has 0 spiro atoms. The molecule has 0 radical (unpaired) electrons. The lowest BCUT2D eigenvalue weighted by atomic mass is 10.1. The molecule has 3 heteroatoms. The second-order valence-electron chi connectivity index (χ2n) is 7.97. The van der Waals surface area contributed by atoms with Crippen molar-refractivity contribution in [2.75, 3.05) is 16.5 Å². The largest absolute Gasteiger partial charge is 0.328 e. The van der Waals surface area contributed by atoms with E-state index in [4.69, 9.17) is 0 Å². The van der Waals surface area contributed by atoms with Crippen molar-refractivity contribution < 1.29 is 0 Å². The van der Waals surface area contributed by atoms with Crippen molar-refractivity contribution in [1.82, 2.24) is 4.40 Å². The third kappa shape index (κ3) is 2.04. The van der Waals surface area contributed by atoms with Gasteiger partial charge in [-0.25, -0.2) is 0 Å². The third-order valence-corrected chi connectivity index (χ3v) is 6.36. The van der Waals surface area contributed by atoms with E-state index in [1.807, 2.05) is 0 Å². The fraction of sp³-hybridized carbons (Fsp3) is 0.0370. The van der Waals surface area contributed by atoms with Gasteiger partial charge in [0.1, 0.15) is 0 Å². The molecular formula is C27H19N3. The predicted molar refractivity (Wildman–Crippen MR) is 127 cm³/mol.